The molecule has 42 heavy (non-hydrogen) atoms. The quantitative estimate of drug-likeness (QED) is 0.255. The highest BCUT2D eigenvalue weighted by atomic mass is 32.2. The fourth-order valence-corrected chi connectivity index (χ4v) is 5.54. The van der Waals surface area contributed by atoms with Crippen molar-refractivity contribution in [1.82, 2.24) is 10.2 Å². The highest BCUT2D eigenvalue weighted by Gasteiger charge is 2.30. The number of hydrogen-bond acceptors (Lipinski definition) is 6. The first-order valence-corrected chi connectivity index (χ1v) is 15.5. The minimum atomic E-state index is -1.05. The fraction of sp³-hybridized carbons (Fsp3) is 0.364. The lowest BCUT2D eigenvalue weighted by atomic mass is 9.93. The van der Waals surface area contributed by atoms with E-state index in [0.29, 0.717) is 43.1 Å². The molecule has 1 saturated heterocycles. The van der Waals surface area contributed by atoms with Crippen LogP contribution in [0.15, 0.2) is 72.8 Å². The molecular formula is C33H38N2O6S. The van der Waals surface area contributed by atoms with E-state index in [9.17, 15) is 19.5 Å². The average molecular weight is 591 g/mol. The molecule has 0 aliphatic carbocycles. The number of ether oxygens (including phenoxy) is 2. The third-order valence-corrected chi connectivity index (χ3v) is 8.02. The van der Waals surface area contributed by atoms with Crippen LogP contribution in [0.5, 0.6) is 0 Å². The number of rotatable bonds is 13. The van der Waals surface area contributed by atoms with Crippen molar-refractivity contribution in [1.29, 1.82) is 0 Å². The van der Waals surface area contributed by atoms with Gasteiger partial charge in [-0.15, -0.1) is 0 Å². The molecule has 3 aromatic carbocycles. The monoisotopic (exact) mass is 590 g/mol. The molecule has 0 spiro atoms. The second kappa shape index (κ2) is 15.4. The first-order valence-electron chi connectivity index (χ1n) is 14.1. The van der Waals surface area contributed by atoms with E-state index in [1.807, 2.05) is 79.9 Å². The van der Waals surface area contributed by atoms with Crippen molar-refractivity contribution < 1.29 is 29.0 Å². The standard InChI is InChI=1S/C33H38N2O6S/c1-23-9-6-7-13-27(23)29-19-25(14-15-28(29)31(36)34-30(32(37)38)16-18-42-2)20-40-22-26-12-8-17-35(26)33(39)41-21-24-10-4-3-5-11-24/h3-7,9-11,13-15,19,26,30H,8,12,16-18,20-22H2,1-2H3,(H,34,36)(H,37,38)/t26?,30-/m0/s1. The van der Waals surface area contributed by atoms with Crippen LogP contribution in [0, 0.1) is 6.92 Å². The van der Waals surface area contributed by atoms with Crippen molar-refractivity contribution in [2.75, 3.05) is 25.2 Å². The number of nitrogens with one attached hydrogen (secondary N) is 1. The summed E-state index contributed by atoms with van der Waals surface area (Å²) in [5.74, 6) is -0.851. The number of likely N-dealkylation sites (tertiary alicyclic amines) is 1. The SMILES string of the molecule is CSCC[C@H](NC(=O)c1ccc(COCC2CCCN2C(=O)OCc2ccccc2)cc1-c1ccccc1C)C(=O)O. The summed E-state index contributed by atoms with van der Waals surface area (Å²) >= 11 is 1.54. The van der Waals surface area contributed by atoms with Crippen molar-refractivity contribution in [3.05, 3.63) is 95.1 Å². The summed E-state index contributed by atoms with van der Waals surface area (Å²) in [4.78, 5) is 39.6. The van der Waals surface area contributed by atoms with Crippen LogP contribution in [-0.4, -0.2) is 65.2 Å². The second-order valence-corrected chi connectivity index (χ2v) is 11.4. The highest BCUT2D eigenvalue weighted by molar-refractivity contribution is 7.98. The lowest BCUT2D eigenvalue weighted by Gasteiger charge is -2.24. The lowest BCUT2D eigenvalue weighted by molar-refractivity contribution is -0.139. The smallest absolute Gasteiger partial charge is 0.410 e. The Labute approximate surface area is 251 Å². The van der Waals surface area contributed by atoms with Gasteiger partial charge < -0.3 is 24.8 Å². The highest BCUT2D eigenvalue weighted by Crippen LogP contribution is 2.29. The van der Waals surface area contributed by atoms with Crippen molar-refractivity contribution in [3.8, 4) is 11.1 Å². The van der Waals surface area contributed by atoms with Crippen LogP contribution in [0.2, 0.25) is 0 Å². The maximum Gasteiger partial charge on any atom is 0.410 e. The molecule has 0 saturated carbocycles. The molecule has 222 valence electrons. The van der Waals surface area contributed by atoms with Crippen LogP contribution >= 0.6 is 11.8 Å². The third kappa shape index (κ3) is 8.36. The van der Waals surface area contributed by atoms with Crippen molar-refractivity contribution in [2.45, 2.75) is 51.5 Å². The van der Waals surface area contributed by atoms with E-state index >= 15 is 0 Å². The molecule has 0 bridgehead atoms. The topological polar surface area (TPSA) is 105 Å². The minimum Gasteiger partial charge on any atom is -0.480 e. The maximum atomic E-state index is 13.3. The molecule has 2 N–H and O–H groups in total. The Morgan fingerprint density at radius 3 is 2.50 bits per heavy atom. The number of aliphatic carboxylic acids is 1. The van der Waals surface area contributed by atoms with Crippen LogP contribution in [0.4, 0.5) is 4.79 Å². The van der Waals surface area contributed by atoms with Crippen LogP contribution in [-0.2, 0) is 27.5 Å². The van der Waals surface area contributed by atoms with Crippen LogP contribution in [0.3, 0.4) is 0 Å². The van der Waals surface area contributed by atoms with E-state index in [4.69, 9.17) is 9.47 Å². The molecule has 1 aliphatic rings. The lowest BCUT2D eigenvalue weighted by Crippen LogP contribution is -2.41. The summed E-state index contributed by atoms with van der Waals surface area (Å²) in [6.07, 6.45) is 3.64. The number of carboxylic acids is 1. The molecule has 8 nitrogen and oxygen atoms in total. The summed E-state index contributed by atoms with van der Waals surface area (Å²) in [6, 6.07) is 21.8. The second-order valence-electron chi connectivity index (χ2n) is 10.4. The number of hydrogen-bond donors (Lipinski definition) is 2. The Bertz CT molecular complexity index is 1370. The van der Waals surface area contributed by atoms with E-state index in [1.165, 1.54) is 11.8 Å². The summed E-state index contributed by atoms with van der Waals surface area (Å²) in [6.45, 7) is 3.52. The van der Waals surface area contributed by atoms with E-state index in [0.717, 1.165) is 35.1 Å². The summed E-state index contributed by atoms with van der Waals surface area (Å²) < 4.78 is 11.6. The largest absolute Gasteiger partial charge is 0.480 e. The Kier molecular flexibility index (Phi) is 11.4. The van der Waals surface area contributed by atoms with Gasteiger partial charge in [-0.25, -0.2) is 9.59 Å². The molecule has 0 aromatic heterocycles. The van der Waals surface area contributed by atoms with E-state index in [-0.39, 0.29) is 18.7 Å². The Hall–Kier alpha value is -3.82. The number of aryl methyl sites for hydroxylation is 1. The molecular weight excluding hydrogens is 552 g/mol. The molecule has 2 amide bonds. The van der Waals surface area contributed by atoms with Gasteiger partial charge in [0.2, 0.25) is 0 Å². The zero-order valence-electron chi connectivity index (χ0n) is 24.1. The predicted octanol–water partition coefficient (Wildman–Crippen LogP) is 5.92. The zero-order chi connectivity index (χ0) is 29.9. The average Bonchev–Trinajstić information content (AvgIpc) is 3.47. The first-order chi connectivity index (χ1) is 20.4. The van der Waals surface area contributed by atoms with Gasteiger partial charge in [0.1, 0.15) is 12.6 Å². The number of carbonyl (C=O) groups excluding carboxylic acids is 2. The van der Waals surface area contributed by atoms with Crippen molar-refractivity contribution in [2.24, 2.45) is 0 Å². The number of thioether (sulfide) groups is 1. The van der Waals surface area contributed by atoms with Crippen LogP contribution < -0.4 is 5.32 Å². The molecule has 1 fully saturated rings. The summed E-state index contributed by atoms with van der Waals surface area (Å²) in [5.41, 5.74) is 4.83. The van der Waals surface area contributed by atoms with Gasteiger partial charge >= 0.3 is 12.1 Å². The van der Waals surface area contributed by atoms with Gasteiger partial charge in [-0.05, 0) is 78.1 Å². The van der Waals surface area contributed by atoms with Gasteiger partial charge in [0.25, 0.3) is 5.91 Å². The molecule has 1 unspecified atom stereocenters. The molecule has 9 heteroatoms. The normalized spacial score (nSPS) is 15.3. The van der Waals surface area contributed by atoms with Gasteiger partial charge in [-0.2, -0.15) is 11.8 Å². The zero-order valence-corrected chi connectivity index (χ0v) is 24.9. The first kappa shape index (κ1) is 31.1. The molecule has 1 aliphatic heterocycles. The predicted molar refractivity (Wildman–Crippen MR) is 165 cm³/mol. The number of benzene rings is 3. The Morgan fingerprint density at radius 1 is 1.00 bits per heavy atom. The van der Waals surface area contributed by atoms with Crippen molar-refractivity contribution >= 4 is 29.7 Å². The van der Waals surface area contributed by atoms with Crippen LogP contribution in [0.25, 0.3) is 11.1 Å². The van der Waals surface area contributed by atoms with Gasteiger partial charge in [0, 0.05) is 12.1 Å². The number of carbonyl (C=O) groups is 3. The van der Waals surface area contributed by atoms with Gasteiger partial charge in [0.15, 0.2) is 0 Å². The van der Waals surface area contributed by atoms with Gasteiger partial charge in [-0.1, -0.05) is 60.7 Å². The van der Waals surface area contributed by atoms with E-state index < -0.39 is 17.9 Å². The summed E-state index contributed by atoms with van der Waals surface area (Å²) in [7, 11) is 0. The van der Waals surface area contributed by atoms with E-state index in [2.05, 4.69) is 5.32 Å². The van der Waals surface area contributed by atoms with Gasteiger partial charge in [-0.3, -0.25) is 4.79 Å². The number of nitrogens with zero attached hydrogens (tertiary/aromatic N) is 1. The molecule has 2 atom stereocenters. The summed E-state index contributed by atoms with van der Waals surface area (Å²) in [5, 5.41) is 12.3. The molecule has 4 rings (SSSR count). The molecule has 3 aromatic rings. The molecule has 1 heterocycles. The molecule has 0 radical (unpaired) electrons. The number of amides is 2. The van der Waals surface area contributed by atoms with Gasteiger partial charge in [0.05, 0.1) is 19.3 Å². The minimum absolute atomic E-state index is 0.0663. The maximum absolute atomic E-state index is 13.3. The van der Waals surface area contributed by atoms with Crippen LogP contribution in [0.1, 0.15) is 46.3 Å². The third-order valence-electron chi connectivity index (χ3n) is 7.37. The number of carboxylic acid groups (broad SMARTS) is 1. The van der Waals surface area contributed by atoms with Crippen molar-refractivity contribution in [3.63, 3.8) is 0 Å². The van der Waals surface area contributed by atoms with E-state index in [1.54, 1.807) is 11.0 Å². The fourth-order valence-electron chi connectivity index (χ4n) is 5.07. The Morgan fingerprint density at radius 2 is 1.76 bits per heavy atom. The Balaban J connectivity index is 1.43.